The Labute approximate surface area is 114 Å². The second-order valence-corrected chi connectivity index (χ2v) is 6.38. The van der Waals surface area contributed by atoms with Gasteiger partial charge in [-0.2, -0.15) is 0 Å². The molecule has 0 aromatic carbocycles. The van der Waals surface area contributed by atoms with Crippen molar-refractivity contribution in [1.82, 2.24) is 5.32 Å². The highest BCUT2D eigenvalue weighted by molar-refractivity contribution is 9.11. The van der Waals surface area contributed by atoms with E-state index in [0.29, 0.717) is 0 Å². The quantitative estimate of drug-likeness (QED) is 0.911. The van der Waals surface area contributed by atoms with Crippen LogP contribution >= 0.6 is 27.3 Å². The zero-order valence-corrected chi connectivity index (χ0v) is 12.6. The second kappa shape index (κ2) is 5.38. The fraction of sp³-hybridized carbons (Fsp3) is 0.385. The molecule has 0 amide bonds. The molecule has 0 aliphatic heterocycles. The van der Waals surface area contributed by atoms with Gasteiger partial charge in [-0.1, -0.05) is 6.92 Å². The first-order valence-corrected chi connectivity index (χ1v) is 7.27. The number of furan rings is 1. The van der Waals surface area contributed by atoms with Gasteiger partial charge in [0, 0.05) is 16.9 Å². The summed E-state index contributed by atoms with van der Waals surface area (Å²) in [5, 5.41) is 3.37. The number of hydrogen-bond acceptors (Lipinski definition) is 3. The maximum absolute atomic E-state index is 5.51. The summed E-state index contributed by atoms with van der Waals surface area (Å²) in [5.41, 5.74) is 2.52. The van der Waals surface area contributed by atoms with Crippen LogP contribution in [0.25, 0.3) is 0 Å². The van der Waals surface area contributed by atoms with Crippen LogP contribution in [0.4, 0.5) is 0 Å². The first-order valence-electron chi connectivity index (χ1n) is 5.66. The Morgan fingerprint density at radius 3 is 2.82 bits per heavy atom. The van der Waals surface area contributed by atoms with Gasteiger partial charge < -0.3 is 9.73 Å². The van der Waals surface area contributed by atoms with Crippen LogP contribution in [0.2, 0.25) is 0 Å². The van der Waals surface area contributed by atoms with Crippen LogP contribution in [0.1, 0.15) is 34.7 Å². The van der Waals surface area contributed by atoms with Gasteiger partial charge in [-0.15, -0.1) is 11.3 Å². The molecule has 1 N–H and O–H groups in total. The molecule has 2 heterocycles. The van der Waals surface area contributed by atoms with E-state index in [9.17, 15) is 0 Å². The Hall–Kier alpha value is -0.580. The molecule has 1 atom stereocenters. The summed E-state index contributed by atoms with van der Waals surface area (Å²) in [6, 6.07) is 4.50. The van der Waals surface area contributed by atoms with Gasteiger partial charge in [0.1, 0.15) is 5.76 Å². The van der Waals surface area contributed by atoms with Crippen molar-refractivity contribution in [2.45, 2.75) is 26.3 Å². The van der Waals surface area contributed by atoms with E-state index in [-0.39, 0.29) is 6.04 Å². The monoisotopic (exact) mass is 313 g/mol. The zero-order valence-electron chi connectivity index (χ0n) is 10.2. The van der Waals surface area contributed by atoms with Gasteiger partial charge in [-0.25, -0.2) is 0 Å². The first kappa shape index (κ1) is 12.9. The van der Waals surface area contributed by atoms with Crippen molar-refractivity contribution in [1.29, 1.82) is 0 Å². The molecule has 4 heteroatoms. The van der Waals surface area contributed by atoms with Gasteiger partial charge in [0.25, 0.3) is 0 Å². The third kappa shape index (κ3) is 2.49. The number of aryl methyl sites for hydroxylation is 2. The molecule has 0 fully saturated rings. The maximum Gasteiger partial charge on any atom is 0.108 e. The molecule has 92 valence electrons. The largest absolute Gasteiger partial charge is 0.469 e. The standard InChI is InChI=1S/C13H16BrNOS/c1-4-10-9(5-6-16-10)12(15-3)11-7-8(2)13(14)17-11/h5-7,12,15H,4H2,1-3H3. The van der Waals surface area contributed by atoms with Crippen LogP contribution in [-0.2, 0) is 6.42 Å². The Bertz CT molecular complexity index is 484. The van der Waals surface area contributed by atoms with E-state index < -0.39 is 0 Å². The molecule has 0 spiro atoms. The Kier molecular flexibility index (Phi) is 4.07. The molecule has 2 rings (SSSR count). The van der Waals surface area contributed by atoms with E-state index in [1.807, 2.05) is 7.05 Å². The Morgan fingerprint density at radius 2 is 2.29 bits per heavy atom. The third-order valence-corrected chi connectivity index (χ3v) is 5.06. The van der Waals surface area contributed by atoms with Gasteiger partial charge in [-0.05, 0) is 47.6 Å². The van der Waals surface area contributed by atoms with Crippen molar-refractivity contribution < 1.29 is 4.42 Å². The van der Waals surface area contributed by atoms with E-state index in [1.165, 1.54) is 19.8 Å². The molecular weight excluding hydrogens is 298 g/mol. The predicted molar refractivity (Wildman–Crippen MR) is 75.7 cm³/mol. The summed E-state index contributed by atoms with van der Waals surface area (Å²) in [7, 11) is 1.99. The number of rotatable bonds is 4. The minimum atomic E-state index is 0.221. The molecule has 1 unspecified atom stereocenters. The lowest BCUT2D eigenvalue weighted by Gasteiger charge is -2.14. The van der Waals surface area contributed by atoms with Gasteiger partial charge in [0.2, 0.25) is 0 Å². The molecule has 17 heavy (non-hydrogen) atoms. The van der Waals surface area contributed by atoms with Crippen molar-refractivity contribution in [3.63, 3.8) is 0 Å². The van der Waals surface area contributed by atoms with Crippen LogP contribution < -0.4 is 5.32 Å². The molecule has 2 aromatic rings. The van der Waals surface area contributed by atoms with Gasteiger partial charge in [0.05, 0.1) is 16.1 Å². The van der Waals surface area contributed by atoms with Crippen LogP contribution in [0.5, 0.6) is 0 Å². The normalized spacial score (nSPS) is 12.9. The zero-order chi connectivity index (χ0) is 12.4. The van der Waals surface area contributed by atoms with Crippen LogP contribution in [0, 0.1) is 6.92 Å². The van der Waals surface area contributed by atoms with E-state index in [1.54, 1.807) is 17.6 Å². The summed E-state index contributed by atoms with van der Waals surface area (Å²) >= 11 is 5.36. The molecule has 0 aliphatic rings. The molecule has 2 nitrogen and oxygen atoms in total. The van der Waals surface area contributed by atoms with Gasteiger partial charge >= 0.3 is 0 Å². The summed E-state index contributed by atoms with van der Waals surface area (Å²) in [6.07, 6.45) is 2.69. The van der Waals surface area contributed by atoms with E-state index in [4.69, 9.17) is 4.42 Å². The predicted octanol–water partition coefficient (Wildman–Crippen LogP) is 4.28. The average molecular weight is 314 g/mol. The topological polar surface area (TPSA) is 25.2 Å². The van der Waals surface area contributed by atoms with Crippen LogP contribution in [0.15, 0.2) is 26.6 Å². The minimum Gasteiger partial charge on any atom is -0.469 e. The van der Waals surface area contributed by atoms with Crippen molar-refractivity contribution in [3.8, 4) is 0 Å². The summed E-state index contributed by atoms with van der Waals surface area (Å²) < 4.78 is 6.71. The molecule has 2 aromatic heterocycles. The summed E-state index contributed by atoms with van der Waals surface area (Å²) in [4.78, 5) is 1.31. The molecule has 0 radical (unpaired) electrons. The Morgan fingerprint density at radius 1 is 1.53 bits per heavy atom. The molecular formula is C13H16BrNOS. The fourth-order valence-electron chi connectivity index (χ4n) is 1.97. The number of halogens is 1. The second-order valence-electron chi connectivity index (χ2n) is 3.98. The molecule has 0 aliphatic carbocycles. The summed E-state index contributed by atoms with van der Waals surface area (Å²) in [6.45, 7) is 4.23. The van der Waals surface area contributed by atoms with Crippen LogP contribution in [-0.4, -0.2) is 7.05 Å². The van der Waals surface area contributed by atoms with Crippen molar-refractivity contribution in [3.05, 3.63) is 43.9 Å². The van der Waals surface area contributed by atoms with Gasteiger partial charge in [-0.3, -0.25) is 0 Å². The van der Waals surface area contributed by atoms with Crippen molar-refractivity contribution >= 4 is 27.3 Å². The highest BCUT2D eigenvalue weighted by Gasteiger charge is 2.19. The van der Waals surface area contributed by atoms with Crippen molar-refractivity contribution in [2.75, 3.05) is 7.05 Å². The smallest absolute Gasteiger partial charge is 0.108 e. The number of hydrogen-bond donors (Lipinski definition) is 1. The maximum atomic E-state index is 5.51. The minimum absolute atomic E-state index is 0.221. The Balaban J connectivity index is 2.40. The van der Waals surface area contributed by atoms with Crippen molar-refractivity contribution in [2.24, 2.45) is 0 Å². The highest BCUT2D eigenvalue weighted by Crippen LogP contribution is 2.35. The average Bonchev–Trinajstić information content (AvgIpc) is 2.89. The van der Waals surface area contributed by atoms with E-state index in [2.05, 4.69) is 47.2 Å². The highest BCUT2D eigenvalue weighted by atomic mass is 79.9. The molecule has 0 saturated carbocycles. The lowest BCUT2D eigenvalue weighted by atomic mass is 10.0. The van der Waals surface area contributed by atoms with E-state index in [0.717, 1.165) is 12.2 Å². The van der Waals surface area contributed by atoms with Crippen LogP contribution in [0.3, 0.4) is 0 Å². The number of thiophene rings is 1. The van der Waals surface area contributed by atoms with E-state index >= 15 is 0 Å². The SMILES string of the molecule is CCc1occc1C(NC)c1cc(C)c(Br)s1. The first-order chi connectivity index (χ1) is 8.17. The fourth-order valence-corrected chi connectivity index (χ4v) is 3.67. The molecule has 0 saturated heterocycles. The lowest BCUT2D eigenvalue weighted by Crippen LogP contribution is -2.17. The number of nitrogens with one attached hydrogen (secondary N) is 1. The molecule has 0 bridgehead atoms. The summed E-state index contributed by atoms with van der Waals surface area (Å²) in [5.74, 6) is 1.06. The van der Waals surface area contributed by atoms with Gasteiger partial charge in [0.15, 0.2) is 0 Å². The lowest BCUT2D eigenvalue weighted by molar-refractivity contribution is 0.505. The third-order valence-electron chi connectivity index (χ3n) is 2.86.